The van der Waals surface area contributed by atoms with Crippen molar-refractivity contribution < 1.29 is 9.59 Å². The van der Waals surface area contributed by atoms with Gasteiger partial charge >= 0.3 is 0 Å². The van der Waals surface area contributed by atoms with E-state index in [2.05, 4.69) is 15.6 Å². The molecule has 1 aromatic heterocycles. The van der Waals surface area contributed by atoms with Gasteiger partial charge in [-0.15, -0.1) is 0 Å². The first kappa shape index (κ1) is 15.3. The highest BCUT2D eigenvalue weighted by atomic mass is 35.5. The van der Waals surface area contributed by atoms with Crippen LogP contribution < -0.4 is 16.4 Å². The monoisotopic (exact) mass is 324 g/mol. The number of rotatable bonds is 3. The molecule has 110 valence electrons. The van der Waals surface area contributed by atoms with Crippen LogP contribution in [0.15, 0.2) is 18.2 Å². The van der Waals surface area contributed by atoms with Crippen LogP contribution in [0.1, 0.15) is 22.3 Å². The van der Waals surface area contributed by atoms with E-state index in [0.717, 1.165) is 11.3 Å². The highest BCUT2D eigenvalue weighted by Gasteiger charge is 2.15. The number of nitrogens with one attached hydrogen (secondary N) is 2. The lowest BCUT2D eigenvalue weighted by Crippen LogP contribution is -2.12. The molecule has 8 heteroatoms. The third-order valence-electron chi connectivity index (χ3n) is 2.56. The van der Waals surface area contributed by atoms with Crippen molar-refractivity contribution in [3.63, 3.8) is 0 Å². The number of carbonyl (C=O) groups excluding carboxylic acids is 2. The number of thiazole rings is 1. The van der Waals surface area contributed by atoms with Crippen molar-refractivity contribution in [3.8, 4) is 0 Å². The number of amides is 2. The van der Waals surface area contributed by atoms with Gasteiger partial charge in [0, 0.05) is 12.6 Å². The van der Waals surface area contributed by atoms with Crippen molar-refractivity contribution in [2.45, 2.75) is 13.8 Å². The molecule has 2 rings (SSSR count). The van der Waals surface area contributed by atoms with Crippen molar-refractivity contribution in [3.05, 3.63) is 33.8 Å². The Balaban J connectivity index is 2.16. The van der Waals surface area contributed by atoms with Crippen molar-refractivity contribution in [1.82, 2.24) is 4.98 Å². The van der Waals surface area contributed by atoms with Gasteiger partial charge in [0.15, 0.2) is 5.13 Å². The predicted octanol–water partition coefficient (Wildman–Crippen LogP) is 2.90. The molecule has 0 aliphatic heterocycles. The Labute approximate surface area is 130 Å². The standard InChI is InChI=1S/C13H13ClN4O2S/c1-6-11(21-13(15)16-6)12(20)18-8-3-4-10(9(14)5-8)17-7(2)19/h3-5H,1-2H3,(H2,15,16)(H,17,19)(H,18,20). The van der Waals surface area contributed by atoms with Crippen LogP contribution in [-0.2, 0) is 4.79 Å². The summed E-state index contributed by atoms with van der Waals surface area (Å²) in [5.41, 5.74) is 7.15. The fourth-order valence-electron chi connectivity index (χ4n) is 1.70. The highest BCUT2D eigenvalue weighted by molar-refractivity contribution is 7.17. The number of hydrogen-bond donors (Lipinski definition) is 3. The van der Waals surface area contributed by atoms with Gasteiger partial charge in [0.05, 0.1) is 16.4 Å². The summed E-state index contributed by atoms with van der Waals surface area (Å²) in [4.78, 5) is 27.6. The second kappa shape index (κ2) is 6.11. The van der Waals surface area contributed by atoms with E-state index in [1.54, 1.807) is 25.1 Å². The first-order valence-corrected chi connectivity index (χ1v) is 7.17. The van der Waals surface area contributed by atoms with Crippen LogP contribution in [0.3, 0.4) is 0 Å². The fraction of sp³-hybridized carbons (Fsp3) is 0.154. The van der Waals surface area contributed by atoms with Crippen LogP contribution in [0.4, 0.5) is 16.5 Å². The van der Waals surface area contributed by atoms with E-state index in [-0.39, 0.29) is 11.8 Å². The molecule has 0 saturated carbocycles. The molecule has 0 unspecified atom stereocenters. The van der Waals surface area contributed by atoms with Gasteiger partial charge in [-0.1, -0.05) is 22.9 Å². The van der Waals surface area contributed by atoms with Crippen LogP contribution in [0.5, 0.6) is 0 Å². The topological polar surface area (TPSA) is 97.1 Å². The van der Waals surface area contributed by atoms with Gasteiger partial charge in [-0.05, 0) is 25.1 Å². The molecule has 0 spiro atoms. The SMILES string of the molecule is CC(=O)Nc1ccc(NC(=O)c2sc(N)nc2C)cc1Cl. The summed E-state index contributed by atoms with van der Waals surface area (Å²) in [5, 5.41) is 5.98. The zero-order valence-corrected chi connectivity index (χ0v) is 12.9. The van der Waals surface area contributed by atoms with Gasteiger partial charge < -0.3 is 16.4 Å². The lowest BCUT2D eigenvalue weighted by Gasteiger charge is -2.08. The normalized spacial score (nSPS) is 10.2. The van der Waals surface area contributed by atoms with Gasteiger partial charge in [-0.3, -0.25) is 9.59 Å². The Bertz CT molecular complexity index is 714. The summed E-state index contributed by atoms with van der Waals surface area (Å²) < 4.78 is 0. The molecule has 0 bridgehead atoms. The van der Waals surface area contributed by atoms with E-state index in [0.29, 0.717) is 32.1 Å². The quantitative estimate of drug-likeness (QED) is 0.808. The molecule has 0 aliphatic rings. The Morgan fingerprint density at radius 3 is 2.57 bits per heavy atom. The lowest BCUT2D eigenvalue weighted by molar-refractivity contribution is -0.114. The summed E-state index contributed by atoms with van der Waals surface area (Å²) in [6.07, 6.45) is 0. The summed E-state index contributed by atoms with van der Waals surface area (Å²) in [5.74, 6) is -0.519. The van der Waals surface area contributed by atoms with Crippen LogP contribution in [-0.4, -0.2) is 16.8 Å². The van der Waals surface area contributed by atoms with E-state index in [9.17, 15) is 9.59 Å². The molecule has 21 heavy (non-hydrogen) atoms. The Morgan fingerprint density at radius 2 is 2.05 bits per heavy atom. The van der Waals surface area contributed by atoms with Gasteiger partial charge in [0.1, 0.15) is 4.88 Å². The zero-order valence-electron chi connectivity index (χ0n) is 11.4. The molecule has 6 nitrogen and oxygen atoms in total. The molecule has 0 saturated heterocycles. The second-order valence-electron chi connectivity index (χ2n) is 4.30. The van der Waals surface area contributed by atoms with E-state index in [4.69, 9.17) is 17.3 Å². The smallest absolute Gasteiger partial charge is 0.267 e. The fourth-order valence-corrected chi connectivity index (χ4v) is 2.66. The molecule has 1 heterocycles. The molecule has 0 fully saturated rings. The van der Waals surface area contributed by atoms with Crippen molar-refractivity contribution >= 4 is 51.3 Å². The van der Waals surface area contributed by atoms with Gasteiger partial charge in [0.2, 0.25) is 5.91 Å². The van der Waals surface area contributed by atoms with Crippen molar-refractivity contribution in [1.29, 1.82) is 0 Å². The average molecular weight is 325 g/mol. The molecule has 1 aromatic carbocycles. The number of anilines is 3. The van der Waals surface area contributed by atoms with E-state index < -0.39 is 0 Å². The van der Waals surface area contributed by atoms with Gasteiger partial charge in [0.25, 0.3) is 5.91 Å². The number of hydrogen-bond acceptors (Lipinski definition) is 5. The highest BCUT2D eigenvalue weighted by Crippen LogP contribution is 2.27. The maximum atomic E-state index is 12.1. The van der Waals surface area contributed by atoms with Crippen LogP contribution >= 0.6 is 22.9 Å². The molecule has 0 atom stereocenters. The van der Waals surface area contributed by atoms with E-state index >= 15 is 0 Å². The lowest BCUT2D eigenvalue weighted by atomic mass is 10.2. The number of benzene rings is 1. The minimum absolute atomic E-state index is 0.218. The van der Waals surface area contributed by atoms with E-state index in [1.165, 1.54) is 6.92 Å². The Morgan fingerprint density at radius 1 is 1.33 bits per heavy atom. The number of nitrogens with zero attached hydrogens (tertiary/aromatic N) is 1. The van der Waals surface area contributed by atoms with Crippen LogP contribution in [0.25, 0.3) is 0 Å². The number of aromatic nitrogens is 1. The summed E-state index contributed by atoms with van der Waals surface area (Å²) >= 11 is 7.16. The summed E-state index contributed by atoms with van der Waals surface area (Å²) in [7, 11) is 0. The molecule has 0 radical (unpaired) electrons. The summed E-state index contributed by atoms with van der Waals surface area (Å²) in [6.45, 7) is 3.11. The third kappa shape index (κ3) is 3.71. The minimum atomic E-state index is -0.301. The van der Waals surface area contributed by atoms with Gasteiger partial charge in [-0.2, -0.15) is 0 Å². The average Bonchev–Trinajstić information content (AvgIpc) is 2.71. The molecule has 4 N–H and O–H groups in total. The number of halogens is 1. The Kier molecular flexibility index (Phi) is 4.44. The predicted molar refractivity (Wildman–Crippen MR) is 85.0 cm³/mol. The molecule has 2 aromatic rings. The first-order chi connectivity index (χ1) is 9.86. The third-order valence-corrected chi connectivity index (χ3v) is 3.86. The maximum Gasteiger partial charge on any atom is 0.267 e. The van der Waals surface area contributed by atoms with Crippen molar-refractivity contribution in [2.75, 3.05) is 16.4 Å². The van der Waals surface area contributed by atoms with Gasteiger partial charge in [-0.25, -0.2) is 4.98 Å². The largest absolute Gasteiger partial charge is 0.375 e. The van der Waals surface area contributed by atoms with Crippen LogP contribution in [0, 0.1) is 6.92 Å². The molecular formula is C13H13ClN4O2S. The van der Waals surface area contributed by atoms with Crippen LogP contribution in [0.2, 0.25) is 5.02 Å². The molecule has 0 aliphatic carbocycles. The Hall–Kier alpha value is -2.12. The molecule has 2 amide bonds. The zero-order chi connectivity index (χ0) is 15.6. The number of aryl methyl sites for hydroxylation is 1. The number of nitrogen functional groups attached to an aromatic ring is 1. The first-order valence-electron chi connectivity index (χ1n) is 5.98. The number of carbonyl (C=O) groups is 2. The number of nitrogens with two attached hydrogens (primary N) is 1. The summed E-state index contributed by atoms with van der Waals surface area (Å²) in [6, 6.07) is 4.83. The second-order valence-corrected chi connectivity index (χ2v) is 5.73. The van der Waals surface area contributed by atoms with Crippen molar-refractivity contribution in [2.24, 2.45) is 0 Å². The molecular weight excluding hydrogens is 312 g/mol. The van der Waals surface area contributed by atoms with E-state index in [1.807, 2.05) is 0 Å². The maximum absolute atomic E-state index is 12.1. The minimum Gasteiger partial charge on any atom is -0.375 e.